The second-order valence-electron chi connectivity index (χ2n) is 9.86. The van der Waals surface area contributed by atoms with Gasteiger partial charge in [-0.2, -0.15) is 0 Å². The Morgan fingerprint density at radius 1 is 1.03 bits per heavy atom. The molecule has 1 N–H and O–H groups in total. The Balaban J connectivity index is 1.63. The monoisotopic (exact) mass is 577 g/mol. The lowest BCUT2D eigenvalue weighted by atomic mass is 9.95. The molecule has 1 aliphatic carbocycles. The minimum Gasteiger partial charge on any atom is -0.454 e. The number of hydrogen-bond donors (Lipinski definition) is 1. The molecule has 2 aliphatic rings. The summed E-state index contributed by atoms with van der Waals surface area (Å²) in [6.45, 7) is 3.09. The summed E-state index contributed by atoms with van der Waals surface area (Å²) in [4.78, 5) is 28.9. The van der Waals surface area contributed by atoms with E-state index in [0.717, 1.165) is 42.0 Å². The predicted octanol–water partition coefficient (Wildman–Crippen LogP) is 4.48. The number of hydrogen-bond acceptors (Lipinski definition) is 6. The van der Waals surface area contributed by atoms with Crippen molar-refractivity contribution in [2.24, 2.45) is 0 Å². The summed E-state index contributed by atoms with van der Waals surface area (Å²) < 4.78 is 38.2. The molecule has 2 aromatic carbocycles. The molecule has 0 bridgehead atoms. The largest absolute Gasteiger partial charge is 0.454 e. The van der Waals surface area contributed by atoms with Gasteiger partial charge in [-0.25, -0.2) is 8.42 Å². The average molecular weight is 578 g/mol. The highest BCUT2D eigenvalue weighted by Crippen LogP contribution is 2.36. The first-order valence-corrected chi connectivity index (χ1v) is 15.4. The van der Waals surface area contributed by atoms with Gasteiger partial charge >= 0.3 is 0 Å². The molecular weight excluding hydrogens is 542 g/mol. The van der Waals surface area contributed by atoms with Crippen LogP contribution in [0, 0.1) is 0 Å². The van der Waals surface area contributed by atoms with Crippen LogP contribution in [0.15, 0.2) is 42.5 Å². The fourth-order valence-electron chi connectivity index (χ4n) is 5.01. The highest BCUT2D eigenvalue weighted by atomic mass is 35.5. The van der Waals surface area contributed by atoms with Gasteiger partial charge in [0.15, 0.2) is 11.5 Å². The lowest BCUT2D eigenvalue weighted by Crippen LogP contribution is -2.54. The van der Waals surface area contributed by atoms with Crippen LogP contribution >= 0.6 is 11.6 Å². The number of amides is 2. The first-order valence-electron chi connectivity index (χ1n) is 13.5. The molecule has 1 saturated carbocycles. The van der Waals surface area contributed by atoms with E-state index in [4.69, 9.17) is 21.1 Å². The van der Waals surface area contributed by atoms with Crippen molar-refractivity contribution in [1.29, 1.82) is 0 Å². The molecular formula is C28H36ClN3O6S. The molecule has 1 fully saturated rings. The normalized spacial score (nSPS) is 16.0. The van der Waals surface area contributed by atoms with Crippen molar-refractivity contribution in [2.75, 3.05) is 23.4 Å². The molecule has 11 heteroatoms. The molecule has 0 spiro atoms. The van der Waals surface area contributed by atoms with E-state index in [-0.39, 0.29) is 31.0 Å². The van der Waals surface area contributed by atoms with Gasteiger partial charge in [-0.1, -0.05) is 49.9 Å². The molecule has 39 heavy (non-hydrogen) atoms. The molecule has 1 atom stereocenters. The van der Waals surface area contributed by atoms with Gasteiger partial charge in [-0.15, -0.1) is 0 Å². The standard InChI is InChI=1S/C28H36ClN3O6S/c1-3-24(28(34)30-22-8-6-5-7-9-22)31(17-20-10-12-21(29)13-11-20)27(33)18-32(39(35,36)4-2)23-14-15-25-26(16-23)38-19-37-25/h10-16,22,24H,3-9,17-19H2,1-2H3,(H,30,34)/t24-/m0/s1. The Labute approximate surface area is 235 Å². The SMILES string of the molecule is CC[C@@H](C(=O)NC1CCCCC1)N(Cc1ccc(Cl)cc1)C(=O)CN(c1ccc2c(c1)OCO2)S(=O)(=O)CC. The number of fused-ring (bicyclic) bond motifs is 1. The summed E-state index contributed by atoms with van der Waals surface area (Å²) in [7, 11) is -3.84. The van der Waals surface area contributed by atoms with Crippen LogP contribution in [0.1, 0.15) is 57.9 Å². The predicted molar refractivity (Wildman–Crippen MR) is 150 cm³/mol. The smallest absolute Gasteiger partial charge is 0.244 e. The fraction of sp³-hybridized carbons (Fsp3) is 0.500. The summed E-state index contributed by atoms with van der Waals surface area (Å²) in [6, 6.07) is 11.1. The summed E-state index contributed by atoms with van der Waals surface area (Å²) >= 11 is 6.07. The molecule has 2 amide bonds. The minimum absolute atomic E-state index is 0.0431. The van der Waals surface area contributed by atoms with Gasteiger partial charge in [0.1, 0.15) is 12.6 Å². The van der Waals surface area contributed by atoms with Crippen LogP contribution in [0.2, 0.25) is 5.02 Å². The van der Waals surface area contributed by atoms with Crippen LogP contribution in [-0.4, -0.2) is 56.3 Å². The Morgan fingerprint density at radius 2 is 1.72 bits per heavy atom. The number of benzene rings is 2. The van der Waals surface area contributed by atoms with E-state index in [2.05, 4.69) is 5.32 Å². The quantitative estimate of drug-likeness (QED) is 0.422. The van der Waals surface area contributed by atoms with Crippen molar-refractivity contribution in [3.8, 4) is 11.5 Å². The number of nitrogens with zero attached hydrogens (tertiary/aromatic N) is 2. The first-order chi connectivity index (χ1) is 18.7. The van der Waals surface area contributed by atoms with Crippen LogP contribution in [0.5, 0.6) is 11.5 Å². The molecule has 0 aromatic heterocycles. The van der Waals surface area contributed by atoms with E-state index in [1.54, 1.807) is 42.5 Å². The second kappa shape index (κ2) is 12.9. The van der Waals surface area contributed by atoms with Gasteiger partial charge in [0.25, 0.3) is 0 Å². The Morgan fingerprint density at radius 3 is 2.38 bits per heavy atom. The second-order valence-corrected chi connectivity index (χ2v) is 12.5. The van der Waals surface area contributed by atoms with Crippen molar-refractivity contribution in [1.82, 2.24) is 10.2 Å². The van der Waals surface area contributed by atoms with Gasteiger partial charge in [-0.05, 0) is 56.0 Å². The topological polar surface area (TPSA) is 105 Å². The lowest BCUT2D eigenvalue weighted by Gasteiger charge is -2.34. The molecule has 0 radical (unpaired) electrons. The maximum atomic E-state index is 13.9. The molecule has 1 heterocycles. The molecule has 0 saturated heterocycles. The van der Waals surface area contributed by atoms with E-state index >= 15 is 0 Å². The van der Waals surface area contributed by atoms with E-state index in [1.165, 1.54) is 11.8 Å². The van der Waals surface area contributed by atoms with Crippen molar-refractivity contribution in [3.63, 3.8) is 0 Å². The lowest BCUT2D eigenvalue weighted by molar-refractivity contribution is -0.140. The number of anilines is 1. The third-order valence-electron chi connectivity index (χ3n) is 7.23. The third-order valence-corrected chi connectivity index (χ3v) is 9.22. The van der Waals surface area contributed by atoms with Crippen LogP contribution < -0.4 is 19.1 Å². The van der Waals surface area contributed by atoms with Crippen LogP contribution in [-0.2, 0) is 26.2 Å². The van der Waals surface area contributed by atoms with Gasteiger partial charge in [-0.3, -0.25) is 13.9 Å². The minimum atomic E-state index is -3.84. The van der Waals surface area contributed by atoms with E-state index in [9.17, 15) is 18.0 Å². The number of rotatable bonds is 11. The summed E-state index contributed by atoms with van der Waals surface area (Å²) in [5.41, 5.74) is 1.07. The van der Waals surface area contributed by atoms with Crippen LogP contribution in [0.3, 0.4) is 0 Å². The Kier molecular flexibility index (Phi) is 9.61. The Bertz CT molecular complexity index is 1260. The molecule has 1 aliphatic heterocycles. The molecule has 0 unspecified atom stereocenters. The highest BCUT2D eigenvalue weighted by Gasteiger charge is 2.34. The first kappa shape index (κ1) is 29.0. The van der Waals surface area contributed by atoms with Gasteiger partial charge < -0.3 is 19.7 Å². The zero-order chi connectivity index (χ0) is 28.0. The number of nitrogens with one attached hydrogen (secondary N) is 1. The zero-order valence-electron chi connectivity index (χ0n) is 22.4. The van der Waals surface area contributed by atoms with Crippen molar-refractivity contribution < 1.29 is 27.5 Å². The number of halogens is 1. The zero-order valence-corrected chi connectivity index (χ0v) is 24.0. The Hall–Kier alpha value is -2.98. The summed E-state index contributed by atoms with van der Waals surface area (Å²) in [5, 5.41) is 3.70. The van der Waals surface area contributed by atoms with Crippen LogP contribution in [0.4, 0.5) is 5.69 Å². The van der Waals surface area contributed by atoms with Gasteiger partial charge in [0.05, 0.1) is 11.4 Å². The number of sulfonamides is 1. The third kappa shape index (κ3) is 7.16. The van der Waals surface area contributed by atoms with Crippen molar-refractivity contribution >= 4 is 39.1 Å². The summed E-state index contributed by atoms with van der Waals surface area (Å²) in [6.07, 6.45) is 5.50. The maximum Gasteiger partial charge on any atom is 0.244 e. The van der Waals surface area contributed by atoms with E-state index in [0.29, 0.717) is 28.6 Å². The molecule has 212 valence electrons. The van der Waals surface area contributed by atoms with Crippen molar-refractivity contribution in [2.45, 2.75) is 71.0 Å². The number of carbonyl (C=O) groups is 2. The van der Waals surface area contributed by atoms with Crippen LogP contribution in [0.25, 0.3) is 0 Å². The average Bonchev–Trinajstić information content (AvgIpc) is 3.41. The fourth-order valence-corrected chi connectivity index (χ4v) is 6.19. The number of ether oxygens (including phenoxy) is 2. The highest BCUT2D eigenvalue weighted by molar-refractivity contribution is 7.92. The van der Waals surface area contributed by atoms with Gasteiger partial charge in [0, 0.05) is 23.7 Å². The van der Waals surface area contributed by atoms with Crippen molar-refractivity contribution in [3.05, 3.63) is 53.1 Å². The molecule has 2 aromatic rings. The number of carbonyl (C=O) groups excluding carboxylic acids is 2. The molecule has 9 nitrogen and oxygen atoms in total. The van der Waals surface area contributed by atoms with E-state index < -0.39 is 28.5 Å². The van der Waals surface area contributed by atoms with E-state index in [1.807, 2.05) is 6.92 Å². The van der Waals surface area contributed by atoms with Gasteiger partial charge in [0.2, 0.25) is 28.6 Å². The summed E-state index contributed by atoms with van der Waals surface area (Å²) in [5.74, 6) is 0.0110. The maximum absolute atomic E-state index is 13.9. The molecule has 4 rings (SSSR count).